The minimum Gasteiger partial charge on any atom is -0.381 e. The molecule has 1 aromatic carbocycles. The van der Waals surface area contributed by atoms with Crippen LogP contribution in [-0.2, 0) is 9.84 Å². The van der Waals surface area contributed by atoms with E-state index >= 15 is 0 Å². The molecule has 0 amide bonds. The van der Waals surface area contributed by atoms with Crippen molar-refractivity contribution < 1.29 is 17.2 Å². The van der Waals surface area contributed by atoms with Gasteiger partial charge in [-0.3, -0.25) is 4.90 Å². The van der Waals surface area contributed by atoms with Crippen molar-refractivity contribution in [2.24, 2.45) is 0 Å². The quantitative estimate of drug-likeness (QED) is 0.908. The lowest BCUT2D eigenvalue weighted by atomic mass is 9.98. The van der Waals surface area contributed by atoms with Gasteiger partial charge in [-0.05, 0) is 45.7 Å². The number of alkyl halides is 2. The number of nitrogens with one attached hydrogen (secondary N) is 1. The van der Waals surface area contributed by atoms with Gasteiger partial charge in [0.1, 0.15) is 0 Å². The second-order valence-corrected chi connectivity index (χ2v) is 8.76. The summed E-state index contributed by atoms with van der Waals surface area (Å²) in [6, 6.07) is 5.97. The zero-order chi connectivity index (χ0) is 17.3. The number of rotatable bonds is 4. The highest BCUT2D eigenvalue weighted by atomic mass is 32.2. The van der Waals surface area contributed by atoms with Crippen LogP contribution in [0.4, 0.5) is 14.5 Å². The molecule has 0 saturated carbocycles. The molecule has 4 nitrogen and oxygen atoms in total. The van der Waals surface area contributed by atoms with E-state index in [4.69, 9.17) is 0 Å². The predicted octanol–water partition coefficient (Wildman–Crippen LogP) is 3.36. The van der Waals surface area contributed by atoms with Crippen molar-refractivity contribution in [1.82, 2.24) is 4.90 Å². The van der Waals surface area contributed by atoms with Crippen LogP contribution in [0.25, 0.3) is 0 Å². The van der Waals surface area contributed by atoms with Gasteiger partial charge in [-0.25, -0.2) is 8.42 Å². The first-order chi connectivity index (χ1) is 10.6. The number of sulfone groups is 1. The van der Waals surface area contributed by atoms with Gasteiger partial charge in [-0.1, -0.05) is 12.1 Å². The standard InChI is InChI=1S/C16H24F2N2O2S/c1-16(2,3)20-10-8-12(9-11-20)19-13-6-4-5-7-14(13)23(21,22)15(17)18/h4-7,12,15,19H,8-11H2,1-3H3. The van der Waals surface area contributed by atoms with Crippen molar-refractivity contribution in [2.75, 3.05) is 18.4 Å². The minimum absolute atomic E-state index is 0.0858. The minimum atomic E-state index is -4.60. The van der Waals surface area contributed by atoms with Gasteiger partial charge >= 0.3 is 5.76 Å². The van der Waals surface area contributed by atoms with E-state index in [2.05, 4.69) is 31.0 Å². The van der Waals surface area contributed by atoms with Crippen LogP contribution in [0.3, 0.4) is 0 Å². The van der Waals surface area contributed by atoms with Crippen molar-refractivity contribution in [3.63, 3.8) is 0 Å². The van der Waals surface area contributed by atoms with Crippen LogP contribution < -0.4 is 5.32 Å². The van der Waals surface area contributed by atoms with Crippen LogP contribution in [0.15, 0.2) is 29.2 Å². The third-order valence-corrected chi connectivity index (χ3v) is 5.67. The molecule has 1 aromatic rings. The van der Waals surface area contributed by atoms with Gasteiger partial charge in [0, 0.05) is 24.7 Å². The van der Waals surface area contributed by atoms with Gasteiger partial charge in [0.15, 0.2) is 0 Å². The summed E-state index contributed by atoms with van der Waals surface area (Å²) in [4.78, 5) is 2.04. The zero-order valence-corrected chi connectivity index (χ0v) is 14.5. The smallest absolute Gasteiger partial charge is 0.341 e. The topological polar surface area (TPSA) is 49.4 Å². The molecular weight excluding hydrogens is 322 g/mol. The number of benzene rings is 1. The maximum Gasteiger partial charge on any atom is 0.341 e. The maximum absolute atomic E-state index is 12.8. The first-order valence-corrected chi connectivity index (χ1v) is 9.29. The Kier molecular flexibility index (Phi) is 5.30. The summed E-state index contributed by atoms with van der Waals surface area (Å²) in [5, 5.41) is 3.14. The second kappa shape index (κ2) is 6.73. The molecule has 0 bridgehead atoms. The van der Waals surface area contributed by atoms with E-state index in [1.54, 1.807) is 12.1 Å². The number of nitrogens with zero attached hydrogens (tertiary/aromatic N) is 1. The molecule has 1 N–H and O–H groups in total. The fourth-order valence-electron chi connectivity index (χ4n) is 2.84. The summed E-state index contributed by atoms with van der Waals surface area (Å²) in [5.74, 6) is -3.41. The molecule has 1 aliphatic heterocycles. The Hall–Kier alpha value is -1.21. The molecule has 130 valence electrons. The Morgan fingerprint density at radius 2 is 1.74 bits per heavy atom. The summed E-state index contributed by atoms with van der Waals surface area (Å²) < 4.78 is 49.2. The van der Waals surface area contributed by atoms with Gasteiger partial charge in [0.2, 0.25) is 9.84 Å². The third-order valence-electron chi connectivity index (χ3n) is 4.23. The maximum atomic E-state index is 12.8. The molecule has 23 heavy (non-hydrogen) atoms. The average molecular weight is 346 g/mol. The van der Waals surface area contributed by atoms with E-state index in [1.165, 1.54) is 12.1 Å². The van der Waals surface area contributed by atoms with E-state index in [0.717, 1.165) is 25.9 Å². The lowest BCUT2D eigenvalue weighted by molar-refractivity contribution is 0.106. The van der Waals surface area contributed by atoms with Gasteiger partial charge in [-0.2, -0.15) is 8.78 Å². The van der Waals surface area contributed by atoms with Crippen LogP contribution in [0.2, 0.25) is 0 Å². The molecule has 1 aliphatic rings. The highest BCUT2D eigenvalue weighted by Crippen LogP contribution is 2.29. The fraction of sp³-hybridized carbons (Fsp3) is 0.625. The van der Waals surface area contributed by atoms with Gasteiger partial charge in [0.05, 0.1) is 10.6 Å². The number of hydrogen-bond acceptors (Lipinski definition) is 4. The Morgan fingerprint density at radius 1 is 1.17 bits per heavy atom. The summed E-state index contributed by atoms with van der Waals surface area (Å²) in [5.41, 5.74) is 0.365. The van der Waals surface area contributed by atoms with E-state index in [9.17, 15) is 17.2 Å². The molecule has 7 heteroatoms. The van der Waals surface area contributed by atoms with Crippen molar-refractivity contribution in [1.29, 1.82) is 0 Å². The van der Waals surface area contributed by atoms with Crippen molar-refractivity contribution in [3.05, 3.63) is 24.3 Å². The van der Waals surface area contributed by atoms with Crippen LogP contribution in [0.1, 0.15) is 33.6 Å². The highest BCUT2D eigenvalue weighted by molar-refractivity contribution is 7.91. The van der Waals surface area contributed by atoms with Crippen molar-refractivity contribution >= 4 is 15.5 Å². The summed E-state index contributed by atoms with van der Waals surface area (Å²) in [7, 11) is -4.60. The fourth-order valence-corrected chi connectivity index (χ4v) is 3.74. The zero-order valence-electron chi connectivity index (χ0n) is 13.7. The SMILES string of the molecule is CC(C)(C)N1CCC(Nc2ccccc2S(=O)(=O)C(F)F)CC1. The van der Waals surface area contributed by atoms with E-state index in [0.29, 0.717) is 0 Å². The average Bonchev–Trinajstić information content (AvgIpc) is 2.47. The largest absolute Gasteiger partial charge is 0.381 e. The van der Waals surface area contributed by atoms with Crippen LogP contribution in [0.5, 0.6) is 0 Å². The Bertz CT molecular complexity index is 634. The van der Waals surface area contributed by atoms with Crippen molar-refractivity contribution in [2.45, 2.75) is 55.8 Å². The van der Waals surface area contributed by atoms with Crippen molar-refractivity contribution in [3.8, 4) is 0 Å². The molecule has 0 unspecified atom stereocenters. The van der Waals surface area contributed by atoms with E-state index < -0.39 is 15.6 Å². The monoisotopic (exact) mass is 346 g/mol. The number of likely N-dealkylation sites (tertiary alicyclic amines) is 1. The van der Waals surface area contributed by atoms with Gasteiger partial charge < -0.3 is 5.32 Å². The molecule has 2 rings (SSSR count). The Labute approximate surface area is 136 Å². The van der Waals surface area contributed by atoms with Crippen LogP contribution in [-0.4, -0.2) is 43.7 Å². The Morgan fingerprint density at radius 3 is 2.26 bits per heavy atom. The third kappa shape index (κ3) is 4.20. The first-order valence-electron chi connectivity index (χ1n) is 7.75. The van der Waals surface area contributed by atoms with Crippen LogP contribution in [0, 0.1) is 0 Å². The number of para-hydroxylation sites is 1. The lowest BCUT2D eigenvalue weighted by Gasteiger charge is -2.41. The van der Waals surface area contributed by atoms with Gasteiger partial charge in [0.25, 0.3) is 0 Å². The Balaban J connectivity index is 2.11. The van der Waals surface area contributed by atoms with E-state index in [1.807, 2.05) is 0 Å². The number of hydrogen-bond donors (Lipinski definition) is 1. The molecular formula is C16H24F2N2O2S. The van der Waals surface area contributed by atoms with E-state index in [-0.39, 0.29) is 22.2 Å². The summed E-state index contributed by atoms with van der Waals surface area (Å²) in [6.07, 6.45) is 1.70. The number of piperidine rings is 1. The molecule has 0 radical (unpaired) electrons. The second-order valence-electron chi connectivity index (χ2n) is 6.88. The number of halogens is 2. The molecule has 0 aromatic heterocycles. The molecule has 0 atom stereocenters. The molecule has 0 spiro atoms. The number of anilines is 1. The first kappa shape index (κ1) is 18.1. The lowest BCUT2D eigenvalue weighted by Crippen LogP contribution is -2.48. The highest BCUT2D eigenvalue weighted by Gasteiger charge is 2.31. The molecule has 1 heterocycles. The summed E-state index contributed by atoms with van der Waals surface area (Å²) in [6.45, 7) is 8.26. The normalized spacial score (nSPS) is 18.3. The molecule has 1 saturated heterocycles. The predicted molar refractivity (Wildman–Crippen MR) is 87.6 cm³/mol. The van der Waals surface area contributed by atoms with Gasteiger partial charge in [-0.15, -0.1) is 0 Å². The summed E-state index contributed by atoms with van der Waals surface area (Å²) >= 11 is 0. The molecule has 0 aliphatic carbocycles. The molecule has 1 fully saturated rings. The van der Waals surface area contributed by atoms with Crippen LogP contribution >= 0.6 is 0 Å².